The molecule has 2 heteroatoms. The van der Waals surface area contributed by atoms with Gasteiger partial charge in [-0.25, -0.2) is 4.39 Å². The lowest BCUT2D eigenvalue weighted by Crippen LogP contribution is -1.86. The van der Waals surface area contributed by atoms with Gasteiger partial charge in [-0.3, -0.25) is 0 Å². The predicted molar refractivity (Wildman–Crippen MR) is 36.9 cm³/mol. The van der Waals surface area contributed by atoms with Gasteiger partial charge < -0.3 is 0 Å². The molecule has 0 atom stereocenters. The van der Waals surface area contributed by atoms with E-state index in [0.29, 0.717) is 0 Å². The van der Waals surface area contributed by atoms with Gasteiger partial charge in [0, 0.05) is 6.42 Å². The molecule has 0 amide bonds. The van der Waals surface area contributed by atoms with E-state index in [2.05, 4.69) is 6.58 Å². The Balaban J connectivity index is 2.87. The van der Waals surface area contributed by atoms with Crippen molar-refractivity contribution in [2.45, 2.75) is 6.42 Å². The van der Waals surface area contributed by atoms with Crippen LogP contribution in [0, 0.1) is 0 Å². The Morgan fingerprint density at radius 1 is 1.56 bits per heavy atom. The highest BCUT2D eigenvalue weighted by molar-refractivity contribution is 6.31. The lowest BCUT2D eigenvalue weighted by molar-refractivity contribution is 0.608. The summed E-state index contributed by atoms with van der Waals surface area (Å²) in [5.41, 5.74) is 0.761. The predicted octanol–water partition coefficient (Wildman–Crippen LogP) is 2.92. The summed E-state index contributed by atoms with van der Waals surface area (Å²) in [4.78, 5) is 0. The molecule has 0 saturated carbocycles. The van der Waals surface area contributed by atoms with Crippen LogP contribution in [0.3, 0.4) is 0 Å². The topological polar surface area (TPSA) is 0 Å². The van der Waals surface area contributed by atoms with E-state index in [1.165, 1.54) is 6.08 Å². The molecule has 0 heterocycles. The summed E-state index contributed by atoms with van der Waals surface area (Å²) in [6.45, 7) is 3.58. The van der Waals surface area contributed by atoms with Crippen molar-refractivity contribution >= 4 is 11.6 Å². The SMILES string of the molecule is C=C1C=CC(Cl)=C(F)C1. The first-order valence-corrected chi connectivity index (χ1v) is 2.98. The largest absolute Gasteiger partial charge is 0.210 e. The maximum absolute atomic E-state index is 12.5. The molecule has 0 aromatic rings. The first-order valence-electron chi connectivity index (χ1n) is 2.60. The second-order valence-electron chi connectivity index (χ2n) is 1.92. The van der Waals surface area contributed by atoms with Crippen molar-refractivity contribution in [3.63, 3.8) is 0 Å². The van der Waals surface area contributed by atoms with Crippen LogP contribution in [0.25, 0.3) is 0 Å². The fourth-order valence-electron chi connectivity index (χ4n) is 0.624. The monoisotopic (exact) mass is 144 g/mol. The molecule has 0 saturated heterocycles. The smallest absolute Gasteiger partial charge is 0.123 e. The Labute approximate surface area is 58.3 Å². The van der Waals surface area contributed by atoms with Crippen LogP contribution in [0.4, 0.5) is 4.39 Å². The number of hydrogen-bond donors (Lipinski definition) is 0. The van der Waals surface area contributed by atoms with Crippen LogP contribution in [0.1, 0.15) is 6.42 Å². The summed E-state index contributed by atoms with van der Waals surface area (Å²) in [6.07, 6.45) is 3.49. The highest BCUT2D eigenvalue weighted by Gasteiger charge is 2.06. The Bertz CT molecular complexity index is 201. The van der Waals surface area contributed by atoms with Gasteiger partial charge >= 0.3 is 0 Å². The minimum Gasteiger partial charge on any atom is -0.210 e. The minimum absolute atomic E-state index is 0.197. The van der Waals surface area contributed by atoms with Crippen molar-refractivity contribution < 1.29 is 4.39 Å². The third-order valence-electron chi connectivity index (χ3n) is 1.11. The third-order valence-corrected chi connectivity index (χ3v) is 1.44. The maximum atomic E-state index is 12.5. The van der Waals surface area contributed by atoms with E-state index in [-0.39, 0.29) is 17.3 Å². The van der Waals surface area contributed by atoms with E-state index >= 15 is 0 Å². The van der Waals surface area contributed by atoms with Crippen LogP contribution in [0.5, 0.6) is 0 Å². The average molecular weight is 145 g/mol. The van der Waals surface area contributed by atoms with Gasteiger partial charge in [0.05, 0.1) is 5.03 Å². The minimum atomic E-state index is -0.288. The maximum Gasteiger partial charge on any atom is 0.123 e. The lowest BCUT2D eigenvalue weighted by Gasteiger charge is -2.03. The van der Waals surface area contributed by atoms with E-state index in [1.807, 2.05) is 0 Å². The Hall–Kier alpha value is -0.560. The molecular weight excluding hydrogens is 139 g/mol. The van der Waals surface area contributed by atoms with Gasteiger partial charge in [-0.2, -0.15) is 0 Å². The summed E-state index contributed by atoms with van der Waals surface area (Å²) in [5, 5.41) is 0.197. The van der Waals surface area contributed by atoms with E-state index in [9.17, 15) is 4.39 Å². The molecular formula is C7H6ClF. The van der Waals surface area contributed by atoms with Crippen molar-refractivity contribution in [1.82, 2.24) is 0 Å². The zero-order valence-corrected chi connectivity index (χ0v) is 5.58. The Kier molecular flexibility index (Phi) is 1.72. The first kappa shape index (κ1) is 6.56. The highest BCUT2D eigenvalue weighted by Crippen LogP contribution is 2.24. The van der Waals surface area contributed by atoms with Gasteiger partial charge in [0.25, 0.3) is 0 Å². The summed E-state index contributed by atoms with van der Waals surface area (Å²) < 4.78 is 12.5. The number of halogens is 2. The number of hydrogen-bond acceptors (Lipinski definition) is 0. The number of rotatable bonds is 0. The van der Waals surface area contributed by atoms with Crippen molar-refractivity contribution in [2.75, 3.05) is 0 Å². The first-order chi connectivity index (χ1) is 4.20. The van der Waals surface area contributed by atoms with Crippen LogP contribution in [0.2, 0.25) is 0 Å². The molecule has 0 aromatic carbocycles. The number of allylic oxidation sites excluding steroid dienone is 5. The van der Waals surface area contributed by atoms with Crippen molar-refractivity contribution in [2.24, 2.45) is 0 Å². The fourth-order valence-corrected chi connectivity index (χ4v) is 0.754. The van der Waals surface area contributed by atoms with Gasteiger partial charge in [0.15, 0.2) is 0 Å². The molecule has 0 aromatic heterocycles. The highest BCUT2D eigenvalue weighted by atomic mass is 35.5. The van der Waals surface area contributed by atoms with Gasteiger partial charge in [0.1, 0.15) is 5.83 Å². The van der Waals surface area contributed by atoms with Gasteiger partial charge in [-0.1, -0.05) is 24.3 Å². The molecule has 0 bridgehead atoms. The van der Waals surface area contributed by atoms with Crippen molar-refractivity contribution in [1.29, 1.82) is 0 Å². The second kappa shape index (κ2) is 2.36. The molecule has 0 fully saturated rings. The standard InChI is InChI=1S/C7H6ClF/c1-5-2-3-6(8)7(9)4-5/h2-3H,1,4H2. The summed E-state index contributed by atoms with van der Waals surface area (Å²) in [7, 11) is 0. The third kappa shape index (κ3) is 1.42. The Morgan fingerprint density at radius 3 is 2.67 bits per heavy atom. The van der Waals surface area contributed by atoms with Gasteiger partial charge in [0.2, 0.25) is 0 Å². The lowest BCUT2D eigenvalue weighted by atomic mass is 10.1. The van der Waals surface area contributed by atoms with E-state index < -0.39 is 0 Å². The van der Waals surface area contributed by atoms with Crippen LogP contribution >= 0.6 is 11.6 Å². The van der Waals surface area contributed by atoms with Gasteiger partial charge in [-0.05, 0) is 11.6 Å². The molecule has 1 rings (SSSR count). The van der Waals surface area contributed by atoms with Crippen LogP contribution in [0.15, 0.2) is 35.2 Å². The average Bonchev–Trinajstić information content (AvgIpc) is 1.80. The van der Waals surface area contributed by atoms with Crippen molar-refractivity contribution in [3.8, 4) is 0 Å². The van der Waals surface area contributed by atoms with E-state index in [4.69, 9.17) is 11.6 Å². The molecule has 0 N–H and O–H groups in total. The molecule has 0 nitrogen and oxygen atoms in total. The van der Waals surface area contributed by atoms with Gasteiger partial charge in [-0.15, -0.1) is 0 Å². The quantitative estimate of drug-likeness (QED) is 0.491. The summed E-state index contributed by atoms with van der Waals surface area (Å²) in [6, 6.07) is 0. The van der Waals surface area contributed by atoms with Crippen LogP contribution in [-0.2, 0) is 0 Å². The molecule has 48 valence electrons. The Morgan fingerprint density at radius 2 is 2.22 bits per heavy atom. The zero-order valence-electron chi connectivity index (χ0n) is 4.82. The van der Waals surface area contributed by atoms with Crippen molar-refractivity contribution in [3.05, 3.63) is 35.2 Å². The molecule has 0 aliphatic heterocycles. The molecule has 9 heavy (non-hydrogen) atoms. The molecule has 1 aliphatic carbocycles. The zero-order chi connectivity index (χ0) is 6.85. The molecule has 1 aliphatic rings. The molecule has 0 unspecified atom stereocenters. The van der Waals surface area contributed by atoms with Crippen LogP contribution in [-0.4, -0.2) is 0 Å². The molecule has 0 radical (unpaired) electrons. The fraction of sp³-hybridized carbons (Fsp3) is 0.143. The summed E-state index contributed by atoms with van der Waals surface area (Å²) in [5.74, 6) is -0.288. The van der Waals surface area contributed by atoms with E-state index in [0.717, 1.165) is 5.57 Å². The summed E-state index contributed by atoms with van der Waals surface area (Å²) >= 11 is 5.41. The van der Waals surface area contributed by atoms with Crippen LogP contribution < -0.4 is 0 Å². The van der Waals surface area contributed by atoms with E-state index in [1.54, 1.807) is 6.08 Å². The molecule has 0 spiro atoms. The second-order valence-corrected chi connectivity index (χ2v) is 2.33. The normalized spacial score (nSPS) is 19.1.